The van der Waals surface area contributed by atoms with Gasteiger partial charge < -0.3 is 9.47 Å². The van der Waals surface area contributed by atoms with Crippen LogP contribution in [0.4, 0.5) is 0 Å². The quantitative estimate of drug-likeness (QED) is 0.413. The maximum Gasteiger partial charge on any atom is 0.344 e. The summed E-state index contributed by atoms with van der Waals surface area (Å²) >= 11 is 29.4. The van der Waals surface area contributed by atoms with Gasteiger partial charge in [0, 0.05) is 0 Å². The number of halogens is 5. The minimum absolute atomic E-state index is 0.00459. The molecule has 3 nitrogen and oxygen atoms in total. The Hall–Kier alpha value is -0.0600. The molecule has 0 saturated carbocycles. The molecular formula is C11H9Cl5O3. The van der Waals surface area contributed by atoms with Crippen LogP contribution in [0.5, 0.6) is 5.75 Å². The largest absolute Gasteiger partial charge is 0.479 e. The summed E-state index contributed by atoms with van der Waals surface area (Å²) in [7, 11) is 0. The highest BCUT2D eigenvalue weighted by Crippen LogP contribution is 2.48. The Bertz CT molecular complexity index is 473. The number of carbonyl (C=O) groups excluding carboxylic acids is 1. The van der Waals surface area contributed by atoms with Crippen molar-refractivity contribution >= 4 is 64.0 Å². The molecular weight excluding hydrogens is 357 g/mol. The highest BCUT2D eigenvalue weighted by molar-refractivity contribution is 6.55. The minimum Gasteiger partial charge on any atom is -0.479 e. The van der Waals surface area contributed by atoms with Crippen LogP contribution in [0.15, 0.2) is 0 Å². The van der Waals surface area contributed by atoms with E-state index in [-0.39, 0.29) is 43.6 Å². The van der Waals surface area contributed by atoms with E-state index >= 15 is 0 Å². The van der Waals surface area contributed by atoms with E-state index in [1.165, 1.54) is 0 Å². The maximum absolute atomic E-state index is 11.4. The summed E-state index contributed by atoms with van der Waals surface area (Å²) in [4.78, 5) is 11.4. The van der Waals surface area contributed by atoms with Crippen LogP contribution in [0, 0.1) is 0 Å². The Morgan fingerprint density at radius 3 is 1.79 bits per heavy atom. The van der Waals surface area contributed by atoms with E-state index in [0.29, 0.717) is 0 Å². The number of hydrogen-bond acceptors (Lipinski definition) is 3. The molecule has 0 atom stereocenters. The number of hydrogen-bond donors (Lipinski definition) is 0. The van der Waals surface area contributed by atoms with Gasteiger partial charge in [-0.2, -0.15) is 0 Å². The molecule has 0 fully saturated rings. The van der Waals surface area contributed by atoms with E-state index in [0.717, 1.165) is 0 Å². The molecule has 0 aliphatic heterocycles. The molecule has 8 heteroatoms. The first-order chi connectivity index (χ1) is 8.75. The molecule has 0 saturated heterocycles. The summed E-state index contributed by atoms with van der Waals surface area (Å²) in [6.07, 6.45) is -0.251. The van der Waals surface area contributed by atoms with Crippen LogP contribution >= 0.6 is 58.0 Å². The molecule has 0 N–H and O–H groups in total. The van der Waals surface area contributed by atoms with E-state index in [1.807, 2.05) is 0 Å². The van der Waals surface area contributed by atoms with Gasteiger partial charge >= 0.3 is 5.97 Å². The highest BCUT2D eigenvalue weighted by Gasteiger charge is 2.21. The SMILES string of the molecule is CC(C)OC(=O)COc1c(Cl)c(Cl)c(Cl)c(Cl)c1Cl. The molecule has 0 heterocycles. The first-order valence-electron chi connectivity index (χ1n) is 5.09. The van der Waals surface area contributed by atoms with Crippen molar-refractivity contribution in [2.75, 3.05) is 6.61 Å². The molecule has 0 aliphatic carbocycles. The Kier molecular flexibility index (Phi) is 6.34. The number of ether oxygens (including phenoxy) is 2. The van der Waals surface area contributed by atoms with Crippen LogP contribution in [0.3, 0.4) is 0 Å². The maximum atomic E-state index is 11.4. The summed E-state index contributed by atoms with van der Waals surface area (Å²) in [6, 6.07) is 0. The molecule has 1 rings (SSSR count). The second-order valence-electron chi connectivity index (χ2n) is 3.73. The first-order valence-corrected chi connectivity index (χ1v) is 6.98. The zero-order valence-corrected chi connectivity index (χ0v) is 13.7. The third-order valence-electron chi connectivity index (χ3n) is 1.87. The lowest BCUT2D eigenvalue weighted by atomic mass is 10.3. The Balaban J connectivity index is 2.94. The summed E-state index contributed by atoms with van der Waals surface area (Å²) in [5.41, 5.74) is 0. The highest BCUT2D eigenvalue weighted by atomic mass is 35.5. The van der Waals surface area contributed by atoms with Gasteiger partial charge in [0.05, 0.1) is 21.2 Å². The number of rotatable bonds is 4. The second kappa shape index (κ2) is 7.09. The fraction of sp³-hybridized carbons (Fsp3) is 0.364. The molecule has 0 radical (unpaired) electrons. The van der Waals surface area contributed by atoms with Crippen molar-refractivity contribution in [2.45, 2.75) is 20.0 Å². The van der Waals surface area contributed by atoms with Crippen LogP contribution in [-0.2, 0) is 9.53 Å². The van der Waals surface area contributed by atoms with Crippen molar-refractivity contribution < 1.29 is 14.3 Å². The van der Waals surface area contributed by atoms with Crippen molar-refractivity contribution in [1.29, 1.82) is 0 Å². The van der Waals surface area contributed by atoms with Crippen molar-refractivity contribution in [1.82, 2.24) is 0 Å². The van der Waals surface area contributed by atoms with Gasteiger partial charge in [-0.25, -0.2) is 4.79 Å². The molecule has 0 aliphatic rings. The van der Waals surface area contributed by atoms with Gasteiger partial charge in [0.2, 0.25) is 0 Å². The van der Waals surface area contributed by atoms with Crippen LogP contribution in [0.1, 0.15) is 13.8 Å². The lowest BCUT2D eigenvalue weighted by Gasteiger charge is -2.14. The van der Waals surface area contributed by atoms with Gasteiger partial charge in [-0.05, 0) is 13.8 Å². The van der Waals surface area contributed by atoms with Crippen LogP contribution in [-0.4, -0.2) is 18.7 Å². The minimum atomic E-state index is -0.565. The molecule has 0 aromatic heterocycles. The smallest absolute Gasteiger partial charge is 0.344 e. The number of carbonyl (C=O) groups is 1. The Morgan fingerprint density at radius 2 is 1.37 bits per heavy atom. The van der Waals surface area contributed by atoms with Gasteiger partial charge in [0.15, 0.2) is 12.4 Å². The molecule has 106 valence electrons. The predicted molar refractivity (Wildman–Crippen MR) is 78.2 cm³/mol. The van der Waals surface area contributed by atoms with Crippen molar-refractivity contribution in [3.05, 3.63) is 25.1 Å². The van der Waals surface area contributed by atoms with E-state index < -0.39 is 5.97 Å². The average Bonchev–Trinajstić information content (AvgIpc) is 2.33. The van der Waals surface area contributed by atoms with Gasteiger partial charge in [-0.3, -0.25) is 0 Å². The second-order valence-corrected chi connectivity index (χ2v) is 5.62. The summed E-state index contributed by atoms with van der Waals surface area (Å²) < 4.78 is 10.1. The van der Waals surface area contributed by atoms with E-state index in [9.17, 15) is 4.79 Å². The van der Waals surface area contributed by atoms with Gasteiger partial charge in [-0.1, -0.05) is 58.0 Å². The van der Waals surface area contributed by atoms with Crippen LogP contribution in [0.25, 0.3) is 0 Å². The van der Waals surface area contributed by atoms with Gasteiger partial charge in [-0.15, -0.1) is 0 Å². The summed E-state index contributed by atoms with van der Waals surface area (Å²) in [5, 5.41) is 0.00203. The summed E-state index contributed by atoms with van der Waals surface area (Å²) in [6.45, 7) is 3.06. The normalized spacial score (nSPS) is 10.7. The zero-order valence-electron chi connectivity index (χ0n) is 9.90. The standard InChI is InChI=1S/C11H9Cl5O3/c1-4(2)19-5(17)3-18-11-9(15)7(13)6(12)8(14)10(11)16/h4H,3H2,1-2H3. The Labute approximate surface area is 135 Å². The number of benzene rings is 1. The fourth-order valence-corrected chi connectivity index (χ4v) is 2.37. The van der Waals surface area contributed by atoms with E-state index in [1.54, 1.807) is 13.8 Å². The van der Waals surface area contributed by atoms with Gasteiger partial charge in [0.25, 0.3) is 0 Å². The monoisotopic (exact) mass is 364 g/mol. The van der Waals surface area contributed by atoms with E-state index in [2.05, 4.69) is 0 Å². The average molecular weight is 366 g/mol. The fourth-order valence-electron chi connectivity index (χ4n) is 1.14. The van der Waals surface area contributed by atoms with Crippen LogP contribution in [0.2, 0.25) is 25.1 Å². The van der Waals surface area contributed by atoms with E-state index in [4.69, 9.17) is 67.5 Å². The van der Waals surface area contributed by atoms with Crippen LogP contribution < -0.4 is 4.74 Å². The third-order valence-corrected chi connectivity index (χ3v) is 4.11. The molecule has 19 heavy (non-hydrogen) atoms. The topological polar surface area (TPSA) is 35.5 Å². The molecule has 0 unspecified atom stereocenters. The van der Waals surface area contributed by atoms with Crippen molar-refractivity contribution in [3.63, 3.8) is 0 Å². The molecule has 1 aromatic rings. The Morgan fingerprint density at radius 1 is 0.947 bits per heavy atom. The lowest BCUT2D eigenvalue weighted by molar-refractivity contribution is -0.149. The predicted octanol–water partition coefficient (Wildman–Crippen LogP) is 5.28. The number of esters is 1. The first kappa shape index (κ1) is 17.0. The third kappa shape index (κ3) is 4.20. The van der Waals surface area contributed by atoms with Crippen molar-refractivity contribution in [3.8, 4) is 5.75 Å². The lowest BCUT2D eigenvalue weighted by Crippen LogP contribution is -2.19. The zero-order chi connectivity index (χ0) is 14.7. The molecule has 1 aromatic carbocycles. The van der Waals surface area contributed by atoms with Gasteiger partial charge in [0.1, 0.15) is 10.0 Å². The molecule has 0 amide bonds. The van der Waals surface area contributed by atoms with Crippen molar-refractivity contribution in [2.24, 2.45) is 0 Å². The molecule has 0 bridgehead atoms. The summed E-state index contributed by atoms with van der Waals surface area (Å²) in [5.74, 6) is -0.576. The molecule has 0 spiro atoms.